The maximum Gasteiger partial charge on any atom is 0.230 e. The molecular formula is C16H13BrN4. The highest BCUT2D eigenvalue weighted by Crippen LogP contribution is 2.25. The molecule has 0 N–H and O–H groups in total. The van der Waals surface area contributed by atoms with Crippen molar-refractivity contribution in [3.05, 3.63) is 77.3 Å². The first-order valence-corrected chi connectivity index (χ1v) is 7.31. The Hall–Kier alpha value is -2.27. The molecule has 0 aliphatic rings. The average Bonchev–Trinajstić information content (AvgIpc) is 2.55. The zero-order valence-electron chi connectivity index (χ0n) is 11.2. The van der Waals surface area contributed by atoms with Crippen LogP contribution in [-0.4, -0.2) is 15.0 Å². The van der Waals surface area contributed by atoms with Crippen molar-refractivity contribution in [1.29, 1.82) is 0 Å². The van der Waals surface area contributed by atoms with E-state index in [4.69, 9.17) is 0 Å². The van der Waals surface area contributed by atoms with Crippen LogP contribution < -0.4 is 4.90 Å². The second-order valence-electron chi connectivity index (χ2n) is 4.47. The molecule has 0 aliphatic carbocycles. The van der Waals surface area contributed by atoms with E-state index in [0.29, 0.717) is 12.5 Å². The lowest BCUT2D eigenvalue weighted by atomic mass is 10.2. The number of pyridine rings is 1. The van der Waals surface area contributed by atoms with Crippen LogP contribution in [0.2, 0.25) is 0 Å². The van der Waals surface area contributed by atoms with Crippen LogP contribution in [0.15, 0.2) is 71.7 Å². The van der Waals surface area contributed by atoms with Crippen LogP contribution in [0.5, 0.6) is 0 Å². The lowest BCUT2D eigenvalue weighted by Crippen LogP contribution is -2.18. The van der Waals surface area contributed by atoms with Gasteiger partial charge in [0.05, 0.1) is 6.54 Å². The van der Waals surface area contributed by atoms with Gasteiger partial charge in [-0.2, -0.15) is 0 Å². The summed E-state index contributed by atoms with van der Waals surface area (Å²) >= 11 is 3.46. The van der Waals surface area contributed by atoms with Crippen LogP contribution in [0.1, 0.15) is 5.56 Å². The number of aromatic nitrogens is 3. The second-order valence-corrected chi connectivity index (χ2v) is 5.39. The molecule has 0 spiro atoms. The van der Waals surface area contributed by atoms with Gasteiger partial charge in [0.1, 0.15) is 0 Å². The average molecular weight is 341 g/mol. The van der Waals surface area contributed by atoms with Crippen LogP contribution in [0.4, 0.5) is 11.6 Å². The first-order chi connectivity index (χ1) is 10.3. The first-order valence-electron chi connectivity index (χ1n) is 6.52. The number of hydrogen-bond acceptors (Lipinski definition) is 4. The van der Waals surface area contributed by atoms with Crippen molar-refractivity contribution in [2.24, 2.45) is 0 Å². The summed E-state index contributed by atoms with van der Waals surface area (Å²) in [5.41, 5.74) is 2.14. The van der Waals surface area contributed by atoms with Gasteiger partial charge in [-0.3, -0.25) is 4.98 Å². The molecule has 2 aromatic heterocycles. The fourth-order valence-electron chi connectivity index (χ4n) is 2.00. The summed E-state index contributed by atoms with van der Waals surface area (Å²) in [6, 6.07) is 13.9. The van der Waals surface area contributed by atoms with Crippen molar-refractivity contribution < 1.29 is 0 Å². The quantitative estimate of drug-likeness (QED) is 0.720. The topological polar surface area (TPSA) is 41.9 Å². The minimum Gasteiger partial charge on any atom is -0.306 e. The van der Waals surface area contributed by atoms with Crippen molar-refractivity contribution in [2.75, 3.05) is 4.90 Å². The second kappa shape index (κ2) is 6.45. The van der Waals surface area contributed by atoms with E-state index in [2.05, 4.69) is 35.8 Å². The summed E-state index contributed by atoms with van der Waals surface area (Å²) < 4.78 is 1.04. The zero-order valence-corrected chi connectivity index (χ0v) is 12.8. The number of hydrogen-bond donors (Lipinski definition) is 0. The molecule has 5 heteroatoms. The predicted molar refractivity (Wildman–Crippen MR) is 86.3 cm³/mol. The molecule has 3 aromatic rings. The molecule has 0 unspecified atom stereocenters. The lowest BCUT2D eigenvalue weighted by Gasteiger charge is -2.22. The molecule has 0 saturated carbocycles. The Morgan fingerprint density at radius 1 is 0.905 bits per heavy atom. The number of rotatable bonds is 4. The molecule has 21 heavy (non-hydrogen) atoms. The van der Waals surface area contributed by atoms with Crippen molar-refractivity contribution >= 4 is 27.6 Å². The lowest BCUT2D eigenvalue weighted by molar-refractivity contribution is 0.905. The van der Waals surface area contributed by atoms with Crippen LogP contribution in [0.3, 0.4) is 0 Å². The third-order valence-corrected chi connectivity index (χ3v) is 3.52. The van der Waals surface area contributed by atoms with Crippen LogP contribution in [-0.2, 0) is 6.54 Å². The van der Waals surface area contributed by atoms with Crippen LogP contribution in [0.25, 0.3) is 0 Å². The fraction of sp³-hybridized carbons (Fsp3) is 0.0625. The van der Waals surface area contributed by atoms with E-state index in [1.54, 1.807) is 18.6 Å². The maximum absolute atomic E-state index is 4.36. The van der Waals surface area contributed by atoms with Gasteiger partial charge in [0.2, 0.25) is 5.95 Å². The summed E-state index contributed by atoms with van der Waals surface area (Å²) in [6.07, 6.45) is 7.12. The molecule has 4 nitrogen and oxygen atoms in total. The van der Waals surface area contributed by atoms with E-state index in [1.165, 1.54) is 0 Å². The molecule has 0 bridgehead atoms. The van der Waals surface area contributed by atoms with Gasteiger partial charge in [-0.05, 0) is 42.0 Å². The van der Waals surface area contributed by atoms with Crippen LogP contribution in [0, 0.1) is 0 Å². The van der Waals surface area contributed by atoms with Crippen LogP contribution >= 0.6 is 15.9 Å². The largest absolute Gasteiger partial charge is 0.306 e. The molecule has 0 saturated heterocycles. The summed E-state index contributed by atoms with van der Waals surface area (Å²) in [6.45, 7) is 0.666. The molecule has 0 fully saturated rings. The molecule has 0 atom stereocenters. The van der Waals surface area contributed by atoms with Gasteiger partial charge in [-0.1, -0.05) is 22.0 Å². The molecule has 104 valence electrons. The zero-order chi connectivity index (χ0) is 14.5. The predicted octanol–water partition coefficient (Wildman–Crippen LogP) is 3.97. The normalized spacial score (nSPS) is 10.3. The van der Waals surface area contributed by atoms with Gasteiger partial charge in [0, 0.05) is 34.9 Å². The van der Waals surface area contributed by atoms with Crippen molar-refractivity contribution in [2.45, 2.75) is 6.54 Å². The first kappa shape index (κ1) is 13.7. The van der Waals surface area contributed by atoms with E-state index in [9.17, 15) is 0 Å². The molecule has 0 amide bonds. The number of anilines is 2. The van der Waals surface area contributed by atoms with Crippen molar-refractivity contribution in [1.82, 2.24) is 15.0 Å². The Morgan fingerprint density at radius 2 is 1.67 bits per heavy atom. The maximum atomic E-state index is 4.36. The summed E-state index contributed by atoms with van der Waals surface area (Å²) in [5, 5.41) is 0. The van der Waals surface area contributed by atoms with Gasteiger partial charge in [0.25, 0.3) is 0 Å². The molecule has 0 aliphatic heterocycles. The van der Waals surface area contributed by atoms with Gasteiger partial charge in [0.15, 0.2) is 0 Å². The van der Waals surface area contributed by atoms with E-state index >= 15 is 0 Å². The number of benzene rings is 1. The molecule has 1 aromatic carbocycles. The molecule has 2 heterocycles. The summed E-state index contributed by atoms with van der Waals surface area (Å²) in [5.74, 6) is 0.670. The van der Waals surface area contributed by atoms with E-state index in [1.807, 2.05) is 48.7 Å². The highest BCUT2D eigenvalue weighted by atomic mass is 79.9. The Balaban J connectivity index is 1.97. The number of nitrogens with zero attached hydrogens (tertiary/aromatic N) is 4. The minimum absolute atomic E-state index is 0.666. The van der Waals surface area contributed by atoms with Gasteiger partial charge >= 0.3 is 0 Å². The van der Waals surface area contributed by atoms with Gasteiger partial charge in [-0.25, -0.2) is 9.97 Å². The third-order valence-electron chi connectivity index (χ3n) is 3.00. The highest BCUT2D eigenvalue weighted by molar-refractivity contribution is 9.10. The van der Waals surface area contributed by atoms with Crippen molar-refractivity contribution in [3.63, 3.8) is 0 Å². The van der Waals surface area contributed by atoms with Crippen molar-refractivity contribution in [3.8, 4) is 0 Å². The standard InChI is InChI=1S/C16H13BrN4/c17-14-4-6-15(7-5-14)21(16-19-9-2-10-20-16)12-13-3-1-8-18-11-13/h1-11H,12H2. The molecule has 3 rings (SSSR count). The SMILES string of the molecule is Brc1ccc(N(Cc2cccnc2)c2ncccn2)cc1. The monoisotopic (exact) mass is 340 g/mol. The molecule has 0 radical (unpaired) electrons. The van der Waals surface area contributed by atoms with Gasteiger partial charge in [-0.15, -0.1) is 0 Å². The number of halogens is 1. The Morgan fingerprint density at radius 3 is 2.33 bits per heavy atom. The van der Waals surface area contributed by atoms with E-state index in [0.717, 1.165) is 15.7 Å². The third kappa shape index (κ3) is 3.44. The fourth-order valence-corrected chi connectivity index (χ4v) is 2.27. The summed E-state index contributed by atoms with van der Waals surface area (Å²) in [7, 11) is 0. The Kier molecular flexibility index (Phi) is 4.21. The van der Waals surface area contributed by atoms with E-state index < -0.39 is 0 Å². The van der Waals surface area contributed by atoms with E-state index in [-0.39, 0.29) is 0 Å². The molecular weight excluding hydrogens is 328 g/mol. The minimum atomic E-state index is 0.666. The van der Waals surface area contributed by atoms with Gasteiger partial charge < -0.3 is 4.90 Å². The Bertz CT molecular complexity index is 686. The Labute approximate surface area is 131 Å². The smallest absolute Gasteiger partial charge is 0.230 e. The highest BCUT2D eigenvalue weighted by Gasteiger charge is 2.12. The summed E-state index contributed by atoms with van der Waals surface area (Å²) in [4.78, 5) is 14.9.